The molecule has 0 fully saturated rings. The summed E-state index contributed by atoms with van der Waals surface area (Å²) in [5, 5.41) is 2.57. The molecular weight excluding hydrogens is 300 g/mol. The van der Waals surface area contributed by atoms with Crippen molar-refractivity contribution in [2.45, 2.75) is 19.9 Å². The molecule has 1 aromatic carbocycles. The third-order valence-corrected chi connectivity index (χ3v) is 2.59. The molecule has 3 N–H and O–H groups in total. The van der Waals surface area contributed by atoms with E-state index in [0.29, 0.717) is 5.69 Å². The van der Waals surface area contributed by atoms with E-state index in [9.17, 15) is 9.59 Å². The first-order chi connectivity index (χ1) is 8.43. The first kappa shape index (κ1) is 14.7. The number of amides is 1. The second kappa shape index (κ2) is 6.51. The fraction of sp³-hybridized carbons (Fsp3) is 0.333. The first-order valence-electron chi connectivity index (χ1n) is 5.44. The van der Waals surface area contributed by atoms with Crippen LogP contribution in [0.2, 0.25) is 0 Å². The number of esters is 1. The minimum absolute atomic E-state index is 0.190. The Bertz CT molecular complexity index is 442. The van der Waals surface area contributed by atoms with Gasteiger partial charge in [-0.3, -0.25) is 4.79 Å². The molecule has 6 heteroatoms. The molecule has 0 heterocycles. The monoisotopic (exact) mass is 314 g/mol. The Labute approximate surface area is 114 Å². The molecule has 0 aliphatic heterocycles. The van der Waals surface area contributed by atoms with E-state index in [0.717, 1.165) is 10.0 Å². The van der Waals surface area contributed by atoms with Crippen LogP contribution in [0.25, 0.3) is 0 Å². The number of ether oxygens (including phenoxy) is 1. The molecule has 1 amide bonds. The number of anilines is 1. The standard InChI is InChI=1S/C12H15BrN2O3/c1-3-18-12(17)10(14)11(16)15-9-5-7(2)4-8(13)6-9/h4-6,10H,3,14H2,1-2H3,(H,15,16). The van der Waals surface area contributed by atoms with Crippen molar-refractivity contribution in [2.24, 2.45) is 5.73 Å². The Hall–Kier alpha value is -1.40. The zero-order valence-corrected chi connectivity index (χ0v) is 11.8. The number of benzene rings is 1. The molecule has 1 atom stereocenters. The van der Waals surface area contributed by atoms with Gasteiger partial charge in [0, 0.05) is 10.2 Å². The Balaban J connectivity index is 2.72. The Kier molecular flexibility index (Phi) is 5.30. The number of halogens is 1. The van der Waals surface area contributed by atoms with Gasteiger partial charge in [0.15, 0.2) is 6.04 Å². The lowest BCUT2D eigenvalue weighted by molar-refractivity contribution is -0.146. The quantitative estimate of drug-likeness (QED) is 0.653. The van der Waals surface area contributed by atoms with Crippen molar-refractivity contribution in [1.82, 2.24) is 0 Å². The minimum atomic E-state index is -1.32. The lowest BCUT2D eigenvalue weighted by Crippen LogP contribution is -2.43. The molecule has 5 nitrogen and oxygen atoms in total. The van der Waals surface area contributed by atoms with Gasteiger partial charge in [-0.05, 0) is 37.6 Å². The second-order valence-corrected chi connectivity index (χ2v) is 4.65. The maximum atomic E-state index is 11.7. The summed E-state index contributed by atoms with van der Waals surface area (Å²) in [5.41, 5.74) is 7.02. The molecule has 0 bridgehead atoms. The number of nitrogens with two attached hydrogens (primary N) is 1. The summed E-state index contributed by atoms with van der Waals surface area (Å²) in [7, 11) is 0. The summed E-state index contributed by atoms with van der Waals surface area (Å²) in [6.07, 6.45) is 0. The molecule has 1 rings (SSSR count). The molecule has 0 saturated carbocycles. The fourth-order valence-electron chi connectivity index (χ4n) is 1.37. The molecule has 0 aliphatic carbocycles. The molecule has 18 heavy (non-hydrogen) atoms. The van der Waals surface area contributed by atoms with E-state index >= 15 is 0 Å². The van der Waals surface area contributed by atoms with Crippen molar-refractivity contribution in [3.8, 4) is 0 Å². The highest BCUT2D eigenvalue weighted by molar-refractivity contribution is 9.10. The number of carbonyl (C=O) groups excluding carboxylic acids is 2. The predicted octanol–water partition coefficient (Wildman–Crippen LogP) is 1.59. The van der Waals surface area contributed by atoms with E-state index in [4.69, 9.17) is 5.73 Å². The molecule has 98 valence electrons. The molecule has 1 unspecified atom stereocenters. The van der Waals surface area contributed by atoms with Gasteiger partial charge in [-0.25, -0.2) is 4.79 Å². The van der Waals surface area contributed by atoms with Crippen LogP contribution in [0, 0.1) is 6.92 Å². The van der Waals surface area contributed by atoms with Gasteiger partial charge in [0.25, 0.3) is 5.91 Å². The van der Waals surface area contributed by atoms with Gasteiger partial charge in [0.05, 0.1) is 6.61 Å². The third-order valence-electron chi connectivity index (χ3n) is 2.13. The summed E-state index contributed by atoms with van der Waals surface area (Å²) >= 11 is 3.32. The highest BCUT2D eigenvalue weighted by Gasteiger charge is 2.23. The maximum Gasteiger partial charge on any atom is 0.332 e. The van der Waals surface area contributed by atoms with E-state index in [1.54, 1.807) is 19.1 Å². The van der Waals surface area contributed by atoms with E-state index in [2.05, 4.69) is 26.0 Å². The molecule has 0 saturated heterocycles. The van der Waals surface area contributed by atoms with Gasteiger partial charge in [-0.1, -0.05) is 15.9 Å². The molecule has 0 aliphatic rings. The van der Waals surface area contributed by atoms with Crippen LogP contribution in [0.5, 0.6) is 0 Å². The van der Waals surface area contributed by atoms with E-state index in [-0.39, 0.29) is 6.61 Å². The highest BCUT2D eigenvalue weighted by Crippen LogP contribution is 2.19. The molecular formula is C12H15BrN2O3. The minimum Gasteiger partial charge on any atom is -0.464 e. The van der Waals surface area contributed by atoms with Crippen LogP contribution in [0.15, 0.2) is 22.7 Å². The van der Waals surface area contributed by atoms with Crippen molar-refractivity contribution in [1.29, 1.82) is 0 Å². The van der Waals surface area contributed by atoms with Crippen LogP contribution in [0.4, 0.5) is 5.69 Å². The molecule has 0 radical (unpaired) electrons. The molecule has 0 spiro atoms. The first-order valence-corrected chi connectivity index (χ1v) is 6.23. The Morgan fingerprint density at radius 2 is 2.11 bits per heavy atom. The average molecular weight is 315 g/mol. The van der Waals surface area contributed by atoms with Crippen LogP contribution < -0.4 is 11.1 Å². The Morgan fingerprint density at radius 1 is 1.44 bits per heavy atom. The summed E-state index contributed by atoms with van der Waals surface area (Å²) < 4.78 is 5.51. The number of aryl methyl sites for hydroxylation is 1. The van der Waals surface area contributed by atoms with Gasteiger partial charge in [-0.15, -0.1) is 0 Å². The molecule has 0 aromatic heterocycles. The number of nitrogens with one attached hydrogen (secondary N) is 1. The van der Waals surface area contributed by atoms with Gasteiger partial charge in [0.1, 0.15) is 0 Å². The fourth-order valence-corrected chi connectivity index (χ4v) is 1.98. The maximum absolute atomic E-state index is 11.7. The Morgan fingerprint density at radius 3 is 2.67 bits per heavy atom. The number of hydrogen-bond acceptors (Lipinski definition) is 4. The number of carbonyl (C=O) groups is 2. The van der Waals surface area contributed by atoms with Gasteiger partial charge in [-0.2, -0.15) is 0 Å². The molecule has 1 aromatic rings. The van der Waals surface area contributed by atoms with Gasteiger partial charge in [0.2, 0.25) is 0 Å². The van der Waals surface area contributed by atoms with Crippen LogP contribution in [0.3, 0.4) is 0 Å². The number of rotatable bonds is 4. The largest absolute Gasteiger partial charge is 0.464 e. The van der Waals surface area contributed by atoms with E-state index in [1.165, 1.54) is 0 Å². The summed E-state index contributed by atoms with van der Waals surface area (Å²) in [6, 6.07) is 4.09. The average Bonchev–Trinajstić information content (AvgIpc) is 2.26. The van der Waals surface area contributed by atoms with Gasteiger partial charge >= 0.3 is 5.97 Å². The van der Waals surface area contributed by atoms with Crippen molar-refractivity contribution < 1.29 is 14.3 Å². The highest BCUT2D eigenvalue weighted by atomic mass is 79.9. The van der Waals surface area contributed by atoms with Crippen LogP contribution >= 0.6 is 15.9 Å². The predicted molar refractivity (Wildman–Crippen MR) is 72.1 cm³/mol. The van der Waals surface area contributed by atoms with Crippen LogP contribution in [0.1, 0.15) is 12.5 Å². The summed E-state index contributed by atoms with van der Waals surface area (Å²) in [4.78, 5) is 23.0. The normalized spacial score (nSPS) is 11.8. The van der Waals surface area contributed by atoms with E-state index < -0.39 is 17.9 Å². The topological polar surface area (TPSA) is 81.4 Å². The van der Waals surface area contributed by atoms with Crippen molar-refractivity contribution in [3.05, 3.63) is 28.2 Å². The number of hydrogen-bond donors (Lipinski definition) is 2. The van der Waals surface area contributed by atoms with Crippen molar-refractivity contribution >= 4 is 33.5 Å². The van der Waals surface area contributed by atoms with Crippen LogP contribution in [-0.2, 0) is 14.3 Å². The zero-order valence-electron chi connectivity index (χ0n) is 10.2. The zero-order chi connectivity index (χ0) is 13.7. The van der Waals surface area contributed by atoms with Gasteiger partial charge < -0.3 is 15.8 Å². The summed E-state index contributed by atoms with van der Waals surface area (Å²) in [6.45, 7) is 3.74. The van der Waals surface area contributed by atoms with Crippen molar-refractivity contribution in [3.63, 3.8) is 0 Å². The van der Waals surface area contributed by atoms with Crippen molar-refractivity contribution in [2.75, 3.05) is 11.9 Å². The third kappa shape index (κ3) is 4.12. The van der Waals surface area contributed by atoms with Crippen LogP contribution in [-0.4, -0.2) is 24.5 Å². The lowest BCUT2D eigenvalue weighted by atomic mass is 10.2. The summed E-state index contributed by atoms with van der Waals surface area (Å²) in [5.74, 6) is -1.33. The smallest absolute Gasteiger partial charge is 0.332 e. The lowest BCUT2D eigenvalue weighted by Gasteiger charge is -2.11. The second-order valence-electron chi connectivity index (χ2n) is 3.74. The SMILES string of the molecule is CCOC(=O)C(N)C(=O)Nc1cc(C)cc(Br)c1. The van der Waals surface area contributed by atoms with E-state index in [1.807, 2.05) is 13.0 Å².